The second-order valence-electron chi connectivity index (χ2n) is 6.87. The summed E-state index contributed by atoms with van der Waals surface area (Å²) < 4.78 is 1.85. The number of aromatic nitrogens is 2. The molecule has 4 rings (SSSR count). The molecule has 0 aliphatic carbocycles. The van der Waals surface area contributed by atoms with E-state index in [9.17, 15) is 9.59 Å². The second-order valence-corrected chi connectivity index (χ2v) is 7.65. The molecule has 0 saturated carbocycles. The number of anilines is 1. The molecule has 29 heavy (non-hydrogen) atoms. The third-order valence-electron chi connectivity index (χ3n) is 4.89. The van der Waals surface area contributed by atoms with Gasteiger partial charge in [-0.2, -0.15) is 0 Å². The van der Waals surface area contributed by atoms with Gasteiger partial charge in [-0.05, 0) is 42.5 Å². The molecule has 2 amide bonds. The first-order valence-corrected chi connectivity index (χ1v) is 10.7. The van der Waals surface area contributed by atoms with E-state index in [1.807, 2.05) is 70.3 Å². The zero-order chi connectivity index (χ0) is 20.2. The van der Waals surface area contributed by atoms with Gasteiger partial charge >= 0.3 is 0 Å². The lowest BCUT2D eigenvalue weighted by Crippen LogP contribution is -2.24. The van der Waals surface area contributed by atoms with E-state index in [-0.39, 0.29) is 11.8 Å². The highest BCUT2D eigenvalue weighted by atomic mass is 32.2. The Hall–Kier alpha value is -3.06. The highest BCUT2D eigenvalue weighted by molar-refractivity contribution is 7.98. The molecule has 7 heteroatoms. The van der Waals surface area contributed by atoms with Crippen molar-refractivity contribution in [3.8, 4) is 5.69 Å². The number of nitrogens with one attached hydrogen (secondary N) is 1. The molecular weight excluding hydrogens is 384 g/mol. The fourth-order valence-corrected chi connectivity index (χ4v) is 4.04. The standard InChI is InChI=1S/C22H22N4O2S/c1-29-22-23-14-19(26(22)18-9-3-2-4-10-18)21(28)24-17-8-5-7-16(13-17)15-25-12-6-11-20(25)27/h2-5,7-10,13-14H,6,11-12,15H2,1H3,(H,24,28). The number of carbonyl (C=O) groups excluding carboxylic acids is 2. The Morgan fingerprint density at radius 1 is 1.17 bits per heavy atom. The summed E-state index contributed by atoms with van der Waals surface area (Å²) in [5.41, 5.74) is 3.06. The first kappa shape index (κ1) is 19.3. The molecule has 0 unspecified atom stereocenters. The molecule has 0 spiro atoms. The number of hydrogen-bond donors (Lipinski definition) is 1. The highest BCUT2D eigenvalue weighted by Crippen LogP contribution is 2.23. The van der Waals surface area contributed by atoms with Crippen LogP contribution in [0.2, 0.25) is 0 Å². The van der Waals surface area contributed by atoms with E-state index >= 15 is 0 Å². The number of carbonyl (C=O) groups is 2. The van der Waals surface area contributed by atoms with Gasteiger partial charge in [0.2, 0.25) is 5.91 Å². The third-order valence-corrected chi connectivity index (χ3v) is 5.54. The number of likely N-dealkylation sites (tertiary alicyclic amines) is 1. The van der Waals surface area contributed by atoms with E-state index in [1.54, 1.807) is 6.20 Å². The summed E-state index contributed by atoms with van der Waals surface area (Å²) in [6.07, 6.45) is 5.07. The van der Waals surface area contributed by atoms with Crippen molar-refractivity contribution in [3.63, 3.8) is 0 Å². The van der Waals surface area contributed by atoms with Gasteiger partial charge in [-0.1, -0.05) is 42.1 Å². The maximum atomic E-state index is 13.0. The number of para-hydroxylation sites is 1. The van der Waals surface area contributed by atoms with Gasteiger partial charge < -0.3 is 10.2 Å². The number of thioether (sulfide) groups is 1. The normalized spacial score (nSPS) is 13.7. The van der Waals surface area contributed by atoms with Crippen molar-refractivity contribution in [2.24, 2.45) is 0 Å². The monoisotopic (exact) mass is 406 g/mol. The third kappa shape index (κ3) is 4.19. The summed E-state index contributed by atoms with van der Waals surface area (Å²) in [4.78, 5) is 31.1. The minimum absolute atomic E-state index is 0.191. The summed E-state index contributed by atoms with van der Waals surface area (Å²) in [5, 5.41) is 3.72. The lowest BCUT2D eigenvalue weighted by Gasteiger charge is -2.16. The van der Waals surface area contributed by atoms with Crippen LogP contribution in [0.4, 0.5) is 5.69 Å². The molecule has 1 aliphatic rings. The number of imidazole rings is 1. The number of nitrogens with zero attached hydrogens (tertiary/aromatic N) is 3. The number of hydrogen-bond acceptors (Lipinski definition) is 4. The fourth-order valence-electron chi connectivity index (χ4n) is 3.50. The predicted molar refractivity (Wildman–Crippen MR) is 114 cm³/mol. The summed E-state index contributed by atoms with van der Waals surface area (Å²) >= 11 is 1.49. The SMILES string of the molecule is CSc1ncc(C(=O)Nc2cccc(CN3CCCC3=O)c2)n1-c1ccccc1. The van der Waals surface area contributed by atoms with Gasteiger partial charge in [0, 0.05) is 30.9 Å². The van der Waals surface area contributed by atoms with Gasteiger partial charge in [0.1, 0.15) is 5.69 Å². The molecule has 1 saturated heterocycles. The van der Waals surface area contributed by atoms with E-state index in [0.717, 1.165) is 29.4 Å². The molecular formula is C22H22N4O2S. The minimum Gasteiger partial charge on any atom is -0.338 e. The average molecular weight is 407 g/mol. The number of benzene rings is 2. The van der Waals surface area contributed by atoms with Crippen LogP contribution in [0, 0.1) is 0 Å². The Morgan fingerprint density at radius 3 is 2.72 bits per heavy atom. The van der Waals surface area contributed by atoms with Crippen LogP contribution in [-0.4, -0.2) is 39.1 Å². The van der Waals surface area contributed by atoms with Gasteiger partial charge in [-0.3, -0.25) is 14.2 Å². The fraction of sp³-hybridized carbons (Fsp3) is 0.227. The van der Waals surface area contributed by atoms with Gasteiger partial charge in [0.05, 0.1) is 6.20 Å². The minimum atomic E-state index is -0.226. The highest BCUT2D eigenvalue weighted by Gasteiger charge is 2.21. The Labute approximate surface area is 173 Å². The second kappa shape index (κ2) is 8.53. The first-order valence-electron chi connectivity index (χ1n) is 9.51. The van der Waals surface area contributed by atoms with E-state index < -0.39 is 0 Å². The smallest absolute Gasteiger partial charge is 0.274 e. The van der Waals surface area contributed by atoms with Crippen molar-refractivity contribution in [1.29, 1.82) is 0 Å². The van der Waals surface area contributed by atoms with Gasteiger partial charge in [0.15, 0.2) is 5.16 Å². The molecule has 3 aromatic rings. The Kier molecular flexibility index (Phi) is 5.67. The van der Waals surface area contributed by atoms with Crippen LogP contribution in [0.25, 0.3) is 5.69 Å². The maximum absolute atomic E-state index is 13.0. The quantitative estimate of drug-likeness (QED) is 0.629. The zero-order valence-electron chi connectivity index (χ0n) is 16.2. The van der Waals surface area contributed by atoms with Crippen molar-refractivity contribution in [2.45, 2.75) is 24.5 Å². The van der Waals surface area contributed by atoms with Crippen molar-refractivity contribution < 1.29 is 9.59 Å². The van der Waals surface area contributed by atoms with Crippen LogP contribution < -0.4 is 5.32 Å². The molecule has 1 N–H and O–H groups in total. The Morgan fingerprint density at radius 2 is 2.00 bits per heavy atom. The van der Waals surface area contributed by atoms with Crippen molar-refractivity contribution in [2.75, 3.05) is 18.1 Å². The number of amides is 2. The Balaban J connectivity index is 1.55. The van der Waals surface area contributed by atoms with Crippen LogP contribution >= 0.6 is 11.8 Å². The average Bonchev–Trinajstić information content (AvgIpc) is 3.35. The first-order chi connectivity index (χ1) is 14.2. The van der Waals surface area contributed by atoms with Gasteiger partial charge in [-0.15, -0.1) is 0 Å². The van der Waals surface area contributed by atoms with Crippen LogP contribution in [0.3, 0.4) is 0 Å². The molecule has 1 aromatic heterocycles. The molecule has 148 valence electrons. The van der Waals surface area contributed by atoms with E-state index in [1.165, 1.54) is 11.8 Å². The molecule has 2 heterocycles. The van der Waals surface area contributed by atoms with Crippen LogP contribution in [0.5, 0.6) is 0 Å². The summed E-state index contributed by atoms with van der Waals surface area (Å²) in [5.74, 6) is -0.0353. The lowest BCUT2D eigenvalue weighted by molar-refractivity contribution is -0.128. The van der Waals surface area contributed by atoms with E-state index in [2.05, 4.69) is 10.3 Å². The topological polar surface area (TPSA) is 67.2 Å². The van der Waals surface area contributed by atoms with Crippen LogP contribution in [0.1, 0.15) is 28.9 Å². The Bertz CT molecular complexity index is 1030. The predicted octanol–water partition coefficient (Wildman–Crippen LogP) is 3.97. The molecule has 0 atom stereocenters. The molecule has 0 radical (unpaired) electrons. The summed E-state index contributed by atoms with van der Waals surface area (Å²) in [7, 11) is 0. The summed E-state index contributed by atoms with van der Waals surface area (Å²) in [6, 6.07) is 17.4. The molecule has 2 aromatic carbocycles. The van der Waals surface area contributed by atoms with E-state index in [0.29, 0.717) is 24.3 Å². The molecule has 1 aliphatic heterocycles. The molecule has 0 bridgehead atoms. The van der Waals surface area contributed by atoms with E-state index in [4.69, 9.17) is 0 Å². The lowest BCUT2D eigenvalue weighted by atomic mass is 10.2. The van der Waals surface area contributed by atoms with Crippen molar-refractivity contribution >= 4 is 29.3 Å². The van der Waals surface area contributed by atoms with Gasteiger partial charge in [-0.25, -0.2) is 4.98 Å². The van der Waals surface area contributed by atoms with Crippen LogP contribution in [0.15, 0.2) is 66.0 Å². The largest absolute Gasteiger partial charge is 0.338 e. The van der Waals surface area contributed by atoms with Crippen molar-refractivity contribution in [3.05, 3.63) is 72.1 Å². The molecule has 6 nitrogen and oxygen atoms in total. The van der Waals surface area contributed by atoms with Gasteiger partial charge in [0.25, 0.3) is 5.91 Å². The maximum Gasteiger partial charge on any atom is 0.274 e. The van der Waals surface area contributed by atoms with Crippen LogP contribution in [-0.2, 0) is 11.3 Å². The number of rotatable bonds is 6. The zero-order valence-corrected chi connectivity index (χ0v) is 17.0. The molecule has 1 fully saturated rings. The summed E-state index contributed by atoms with van der Waals surface area (Å²) in [6.45, 7) is 1.37. The van der Waals surface area contributed by atoms with Crippen molar-refractivity contribution in [1.82, 2.24) is 14.5 Å².